The predicted molar refractivity (Wildman–Crippen MR) is 68.5 cm³/mol. The predicted octanol–water partition coefficient (Wildman–Crippen LogP) is 2.96. The van der Waals surface area contributed by atoms with E-state index in [1.807, 2.05) is 0 Å². The van der Waals surface area contributed by atoms with E-state index in [-0.39, 0.29) is 12.4 Å². The van der Waals surface area contributed by atoms with Crippen molar-refractivity contribution in [2.24, 2.45) is 0 Å². The molecule has 0 N–H and O–H groups in total. The Morgan fingerprint density at radius 1 is 1.42 bits per heavy atom. The van der Waals surface area contributed by atoms with Gasteiger partial charge in [-0.15, -0.1) is 0 Å². The van der Waals surface area contributed by atoms with Crippen LogP contribution in [-0.2, 0) is 11.3 Å². The summed E-state index contributed by atoms with van der Waals surface area (Å²) < 4.78 is 24.5. The maximum absolute atomic E-state index is 13.8. The third kappa shape index (κ3) is 3.36. The highest BCUT2D eigenvalue weighted by Gasteiger charge is 2.26. The van der Waals surface area contributed by atoms with Gasteiger partial charge in [-0.2, -0.15) is 0 Å². The molecule has 19 heavy (non-hydrogen) atoms. The number of ether oxygens (including phenoxy) is 2. The van der Waals surface area contributed by atoms with Crippen LogP contribution in [0.4, 0.5) is 9.18 Å². The molecule has 0 saturated carbocycles. The zero-order valence-electron chi connectivity index (χ0n) is 11.4. The second-order valence-corrected chi connectivity index (χ2v) is 5.47. The molecule has 1 heterocycles. The summed E-state index contributed by atoms with van der Waals surface area (Å²) in [6.45, 7) is 6.27. The van der Waals surface area contributed by atoms with Gasteiger partial charge in [0.1, 0.15) is 23.8 Å². The normalized spacial score (nSPS) is 15.3. The Bertz CT molecular complexity index is 482. The summed E-state index contributed by atoms with van der Waals surface area (Å²) >= 11 is 0. The van der Waals surface area contributed by atoms with Crippen LogP contribution in [0.5, 0.6) is 5.75 Å². The van der Waals surface area contributed by atoms with E-state index >= 15 is 0 Å². The number of carbonyl (C=O) groups is 1. The van der Waals surface area contributed by atoms with Crippen molar-refractivity contribution in [3.05, 3.63) is 29.6 Å². The maximum Gasteiger partial charge on any atom is 0.410 e. The first-order chi connectivity index (χ1) is 8.87. The standard InChI is InChI=1S/C14H18FNO3/c1-14(2,3)19-13(17)16-7-8-18-12-6-4-5-11(15)10(12)9-16/h4-6H,7-9H2,1-3H3. The fraction of sp³-hybridized carbons (Fsp3) is 0.500. The van der Waals surface area contributed by atoms with E-state index in [9.17, 15) is 9.18 Å². The molecule has 0 spiro atoms. The lowest BCUT2D eigenvalue weighted by Gasteiger charge is -2.26. The van der Waals surface area contributed by atoms with E-state index < -0.39 is 11.7 Å². The molecule has 104 valence electrons. The average Bonchev–Trinajstić information content (AvgIpc) is 2.50. The molecule has 1 aromatic carbocycles. The van der Waals surface area contributed by atoms with E-state index in [0.29, 0.717) is 24.5 Å². The fourth-order valence-electron chi connectivity index (χ4n) is 1.85. The van der Waals surface area contributed by atoms with Crippen molar-refractivity contribution in [3.8, 4) is 5.75 Å². The zero-order chi connectivity index (χ0) is 14.0. The molecule has 0 bridgehead atoms. The Labute approximate surface area is 112 Å². The van der Waals surface area contributed by atoms with E-state index in [2.05, 4.69) is 0 Å². The first-order valence-electron chi connectivity index (χ1n) is 6.25. The van der Waals surface area contributed by atoms with Gasteiger partial charge in [-0.25, -0.2) is 9.18 Å². The molecule has 2 rings (SSSR count). The van der Waals surface area contributed by atoms with Crippen molar-refractivity contribution in [3.63, 3.8) is 0 Å². The molecule has 0 radical (unpaired) electrons. The van der Waals surface area contributed by atoms with Crippen LogP contribution in [0, 0.1) is 5.82 Å². The number of amides is 1. The lowest BCUT2D eigenvalue weighted by Crippen LogP contribution is -2.37. The van der Waals surface area contributed by atoms with Crippen molar-refractivity contribution in [2.75, 3.05) is 13.2 Å². The van der Waals surface area contributed by atoms with Crippen molar-refractivity contribution in [2.45, 2.75) is 32.9 Å². The molecule has 1 aliphatic rings. The van der Waals surface area contributed by atoms with Gasteiger partial charge in [-0.05, 0) is 32.9 Å². The minimum Gasteiger partial charge on any atom is -0.491 e. The van der Waals surface area contributed by atoms with Crippen LogP contribution >= 0.6 is 0 Å². The highest BCUT2D eigenvalue weighted by molar-refractivity contribution is 5.68. The number of benzene rings is 1. The van der Waals surface area contributed by atoms with Crippen LogP contribution < -0.4 is 4.74 Å². The van der Waals surface area contributed by atoms with Crippen molar-refractivity contribution in [1.29, 1.82) is 0 Å². The fourth-order valence-corrected chi connectivity index (χ4v) is 1.85. The number of rotatable bonds is 0. The summed E-state index contributed by atoms with van der Waals surface area (Å²) in [5, 5.41) is 0. The molecule has 0 aliphatic carbocycles. The molecule has 1 aliphatic heterocycles. The first-order valence-corrected chi connectivity index (χ1v) is 6.25. The Hall–Kier alpha value is -1.78. The van der Waals surface area contributed by atoms with Gasteiger partial charge in [-0.3, -0.25) is 0 Å². The van der Waals surface area contributed by atoms with E-state index in [1.165, 1.54) is 11.0 Å². The number of nitrogens with zero attached hydrogens (tertiary/aromatic N) is 1. The van der Waals surface area contributed by atoms with Gasteiger partial charge in [0.15, 0.2) is 0 Å². The number of hydrogen-bond donors (Lipinski definition) is 0. The lowest BCUT2D eigenvalue weighted by atomic mass is 10.2. The average molecular weight is 267 g/mol. The largest absolute Gasteiger partial charge is 0.491 e. The van der Waals surface area contributed by atoms with E-state index in [4.69, 9.17) is 9.47 Å². The topological polar surface area (TPSA) is 38.8 Å². The number of fused-ring (bicyclic) bond motifs is 1. The Kier molecular flexibility index (Phi) is 3.64. The molecular weight excluding hydrogens is 249 g/mol. The monoisotopic (exact) mass is 267 g/mol. The Morgan fingerprint density at radius 3 is 2.84 bits per heavy atom. The Balaban J connectivity index is 2.18. The van der Waals surface area contributed by atoms with Crippen LogP contribution in [0.1, 0.15) is 26.3 Å². The lowest BCUT2D eigenvalue weighted by molar-refractivity contribution is 0.0224. The van der Waals surface area contributed by atoms with Gasteiger partial charge in [0, 0.05) is 5.56 Å². The summed E-state index contributed by atoms with van der Waals surface area (Å²) in [7, 11) is 0. The molecule has 1 amide bonds. The summed E-state index contributed by atoms with van der Waals surface area (Å²) in [5.74, 6) is 0.124. The van der Waals surface area contributed by atoms with Crippen molar-refractivity contribution in [1.82, 2.24) is 4.90 Å². The molecule has 4 nitrogen and oxygen atoms in total. The van der Waals surface area contributed by atoms with Gasteiger partial charge in [0.2, 0.25) is 0 Å². The van der Waals surface area contributed by atoms with Crippen molar-refractivity contribution >= 4 is 6.09 Å². The number of carbonyl (C=O) groups excluding carboxylic acids is 1. The van der Waals surface area contributed by atoms with Crippen LogP contribution in [0.3, 0.4) is 0 Å². The second-order valence-electron chi connectivity index (χ2n) is 5.47. The van der Waals surface area contributed by atoms with Gasteiger partial charge >= 0.3 is 6.09 Å². The Morgan fingerprint density at radius 2 is 2.16 bits per heavy atom. The summed E-state index contributed by atoms with van der Waals surface area (Å²) in [5.41, 5.74) is -0.173. The van der Waals surface area contributed by atoms with Gasteiger partial charge in [0.05, 0.1) is 13.1 Å². The quantitative estimate of drug-likeness (QED) is 0.725. The minimum atomic E-state index is -0.567. The SMILES string of the molecule is CC(C)(C)OC(=O)N1CCOc2cccc(F)c2C1. The molecule has 1 aromatic rings. The molecule has 0 saturated heterocycles. The van der Waals surface area contributed by atoms with E-state index in [1.54, 1.807) is 32.9 Å². The highest BCUT2D eigenvalue weighted by atomic mass is 19.1. The highest BCUT2D eigenvalue weighted by Crippen LogP contribution is 2.26. The molecular formula is C14H18FNO3. The van der Waals surface area contributed by atoms with Crippen LogP contribution in [0.15, 0.2) is 18.2 Å². The summed E-state index contributed by atoms with van der Waals surface area (Å²) in [6, 6.07) is 4.66. The number of hydrogen-bond acceptors (Lipinski definition) is 3. The zero-order valence-corrected chi connectivity index (χ0v) is 11.4. The summed E-state index contributed by atoms with van der Waals surface area (Å²) in [4.78, 5) is 13.5. The maximum atomic E-state index is 13.8. The van der Waals surface area contributed by atoms with Crippen LogP contribution in [0.25, 0.3) is 0 Å². The summed E-state index contributed by atoms with van der Waals surface area (Å²) in [6.07, 6.45) is -0.452. The molecule has 0 atom stereocenters. The molecule has 5 heteroatoms. The smallest absolute Gasteiger partial charge is 0.410 e. The third-order valence-corrected chi connectivity index (χ3v) is 2.70. The van der Waals surface area contributed by atoms with Gasteiger partial charge < -0.3 is 14.4 Å². The van der Waals surface area contributed by atoms with Crippen molar-refractivity contribution < 1.29 is 18.7 Å². The second kappa shape index (κ2) is 5.07. The van der Waals surface area contributed by atoms with Crippen LogP contribution in [-0.4, -0.2) is 29.7 Å². The molecule has 0 aromatic heterocycles. The van der Waals surface area contributed by atoms with Crippen LogP contribution in [0.2, 0.25) is 0 Å². The number of halogens is 1. The molecule has 0 fully saturated rings. The molecule has 0 unspecified atom stereocenters. The third-order valence-electron chi connectivity index (χ3n) is 2.70. The van der Waals surface area contributed by atoms with Gasteiger partial charge in [-0.1, -0.05) is 6.07 Å². The minimum absolute atomic E-state index is 0.164. The van der Waals surface area contributed by atoms with E-state index in [0.717, 1.165) is 0 Å². The first kappa shape index (κ1) is 13.6. The van der Waals surface area contributed by atoms with Gasteiger partial charge in [0.25, 0.3) is 0 Å².